The minimum absolute atomic E-state index is 0.175. The molecule has 1 aromatic carbocycles. The van der Waals surface area contributed by atoms with Gasteiger partial charge in [-0.25, -0.2) is 0 Å². The quantitative estimate of drug-likeness (QED) is 0.872. The monoisotopic (exact) mass is 262 g/mol. The van der Waals surface area contributed by atoms with Crippen molar-refractivity contribution < 1.29 is 5.11 Å². The molecule has 0 aromatic heterocycles. The van der Waals surface area contributed by atoms with E-state index in [1.54, 1.807) is 0 Å². The summed E-state index contributed by atoms with van der Waals surface area (Å²) in [7, 11) is 4.05. The van der Waals surface area contributed by atoms with Crippen LogP contribution in [0.4, 0.5) is 5.69 Å². The van der Waals surface area contributed by atoms with Crippen LogP contribution in [-0.2, 0) is 0 Å². The lowest BCUT2D eigenvalue weighted by Gasteiger charge is -2.33. The molecule has 0 aliphatic heterocycles. The number of hydrogen-bond donors (Lipinski definition) is 2. The molecular weight excluding hydrogens is 236 g/mol. The van der Waals surface area contributed by atoms with Gasteiger partial charge in [0.05, 0.1) is 0 Å². The number of hydrogen-bond acceptors (Lipinski definition) is 3. The summed E-state index contributed by atoms with van der Waals surface area (Å²) in [5, 5.41) is 13.3. The first-order valence-corrected chi connectivity index (χ1v) is 7.36. The van der Waals surface area contributed by atoms with E-state index in [4.69, 9.17) is 0 Å². The Kier molecular flexibility index (Phi) is 4.70. The molecule has 0 saturated heterocycles. The van der Waals surface area contributed by atoms with Gasteiger partial charge in [-0.3, -0.25) is 0 Å². The summed E-state index contributed by atoms with van der Waals surface area (Å²) < 4.78 is 0. The number of nitrogens with zero attached hydrogens (tertiary/aromatic N) is 1. The molecule has 106 valence electrons. The van der Waals surface area contributed by atoms with E-state index in [0.717, 1.165) is 11.3 Å². The van der Waals surface area contributed by atoms with Gasteiger partial charge in [-0.1, -0.05) is 25.3 Å². The molecule has 1 atom stereocenters. The molecular formula is C16H26N2O. The molecule has 0 amide bonds. The van der Waals surface area contributed by atoms with E-state index in [1.807, 2.05) is 19.2 Å². The molecule has 0 radical (unpaired) electrons. The van der Waals surface area contributed by atoms with Crippen molar-refractivity contribution in [2.75, 3.05) is 19.0 Å². The van der Waals surface area contributed by atoms with E-state index in [2.05, 4.69) is 30.3 Å². The van der Waals surface area contributed by atoms with Gasteiger partial charge in [-0.2, -0.15) is 0 Å². The molecule has 2 rings (SSSR count). The maximum Gasteiger partial charge on any atom is 0.122 e. The van der Waals surface area contributed by atoms with Crippen LogP contribution in [-0.4, -0.2) is 25.2 Å². The van der Waals surface area contributed by atoms with E-state index in [-0.39, 0.29) is 6.04 Å². The first-order chi connectivity index (χ1) is 9.13. The minimum Gasteiger partial charge on any atom is -0.508 e. The molecule has 1 saturated carbocycles. The zero-order chi connectivity index (χ0) is 13.8. The van der Waals surface area contributed by atoms with Gasteiger partial charge in [-0.05, 0) is 32.9 Å². The maximum absolute atomic E-state index is 10.2. The zero-order valence-corrected chi connectivity index (χ0v) is 12.3. The number of aromatic hydroxyl groups is 1. The predicted molar refractivity (Wildman–Crippen MR) is 80.9 cm³/mol. The van der Waals surface area contributed by atoms with E-state index in [0.29, 0.717) is 11.8 Å². The fourth-order valence-electron chi connectivity index (χ4n) is 2.95. The number of anilines is 1. The summed E-state index contributed by atoms with van der Waals surface area (Å²) in [6.45, 7) is 2.06. The molecule has 1 fully saturated rings. The summed E-state index contributed by atoms with van der Waals surface area (Å²) >= 11 is 0. The normalized spacial score (nSPS) is 18.3. The van der Waals surface area contributed by atoms with Crippen molar-refractivity contribution in [2.24, 2.45) is 0 Å². The standard InChI is InChI=1S/C16H26N2O/c1-12(17-2)15-10-9-14(11-16(15)19)18(3)13-7-5-4-6-8-13/h9-13,17,19H,4-8H2,1-3H3. The Morgan fingerprint density at radius 1 is 1.26 bits per heavy atom. The van der Waals surface area contributed by atoms with Crippen LogP contribution in [0, 0.1) is 0 Å². The second-order valence-electron chi connectivity index (χ2n) is 5.66. The van der Waals surface area contributed by atoms with Crippen LogP contribution in [0.2, 0.25) is 0 Å². The van der Waals surface area contributed by atoms with Crippen LogP contribution >= 0.6 is 0 Å². The molecule has 2 N–H and O–H groups in total. The Bertz CT molecular complexity index is 413. The third kappa shape index (κ3) is 3.21. The SMILES string of the molecule is CNC(C)c1ccc(N(C)C2CCCCC2)cc1O. The summed E-state index contributed by atoms with van der Waals surface area (Å²) in [5.74, 6) is 0.391. The molecule has 0 heterocycles. The van der Waals surface area contributed by atoms with Crippen molar-refractivity contribution in [3.8, 4) is 5.75 Å². The lowest BCUT2D eigenvalue weighted by molar-refractivity contribution is 0.426. The Hall–Kier alpha value is -1.22. The Balaban J connectivity index is 2.14. The van der Waals surface area contributed by atoms with Crippen molar-refractivity contribution in [1.29, 1.82) is 0 Å². The molecule has 1 aromatic rings. The predicted octanol–water partition coefficient (Wildman–Crippen LogP) is 3.44. The molecule has 1 aliphatic rings. The Morgan fingerprint density at radius 2 is 1.95 bits per heavy atom. The van der Waals surface area contributed by atoms with Crippen LogP contribution in [0.3, 0.4) is 0 Å². The van der Waals surface area contributed by atoms with Gasteiger partial charge >= 0.3 is 0 Å². The average molecular weight is 262 g/mol. The van der Waals surface area contributed by atoms with Crippen LogP contribution in [0.15, 0.2) is 18.2 Å². The topological polar surface area (TPSA) is 35.5 Å². The van der Waals surface area contributed by atoms with E-state index in [9.17, 15) is 5.11 Å². The largest absolute Gasteiger partial charge is 0.508 e. The minimum atomic E-state index is 0.175. The number of nitrogens with one attached hydrogen (secondary N) is 1. The fraction of sp³-hybridized carbons (Fsp3) is 0.625. The highest BCUT2D eigenvalue weighted by Gasteiger charge is 2.19. The first-order valence-electron chi connectivity index (χ1n) is 7.36. The summed E-state index contributed by atoms with van der Waals surface area (Å²) in [6.07, 6.45) is 6.57. The van der Waals surface area contributed by atoms with Crippen LogP contribution in [0.5, 0.6) is 5.75 Å². The fourth-order valence-corrected chi connectivity index (χ4v) is 2.95. The van der Waals surface area contributed by atoms with Gasteiger partial charge in [0.1, 0.15) is 5.75 Å². The van der Waals surface area contributed by atoms with Crippen LogP contribution < -0.4 is 10.2 Å². The third-order valence-corrected chi connectivity index (χ3v) is 4.44. The van der Waals surface area contributed by atoms with Crippen molar-refractivity contribution in [3.05, 3.63) is 23.8 Å². The highest BCUT2D eigenvalue weighted by Crippen LogP contribution is 2.31. The van der Waals surface area contributed by atoms with Gasteiger partial charge in [0.15, 0.2) is 0 Å². The summed E-state index contributed by atoms with van der Waals surface area (Å²) in [4.78, 5) is 2.33. The van der Waals surface area contributed by atoms with Crippen molar-refractivity contribution in [1.82, 2.24) is 5.32 Å². The lowest BCUT2D eigenvalue weighted by atomic mass is 9.94. The third-order valence-electron chi connectivity index (χ3n) is 4.44. The number of phenolic OH excluding ortho intramolecular Hbond substituents is 1. The van der Waals surface area contributed by atoms with Gasteiger partial charge < -0.3 is 15.3 Å². The van der Waals surface area contributed by atoms with Crippen LogP contribution in [0.25, 0.3) is 0 Å². The summed E-state index contributed by atoms with van der Waals surface area (Å²) in [6, 6.07) is 6.86. The van der Waals surface area contributed by atoms with E-state index >= 15 is 0 Å². The van der Waals surface area contributed by atoms with Gasteiger partial charge in [0, 0.05) is 36.4 Å². The zero-order valence-electron chi connectivity index (χ0n) is 12.3. The first kappa shape index (κ1) is 14.2. The Morgan fingerprint density at radius 3 is 2.53 bits per heavy atom. The molecule has 1 unspecified atom stereocenters. The van der Waals surface area contributed by atoms with Gasteiger partial charge in [0.25, 0.3) is 0 Å². The molecule has 0 bridgehead atoms. The number of phenols is 1. The highest BCUT2D eigenvalue weighted by molar-refractivity contribution is 5.54. The average Bonchev–Trinajstić information content (AvgIpc) is 2.46. The molecule has 1 aliphatic carbocycles. The molecule has 0 spiro atoms. The molecule has 19 heavy (non-hydrogen) atoms. The lowest BCUT2D eigenvalue weighted by Crippen LogP contribution is -2.33. The van der Waals surface area contributed by atoms with Gasteiger partial charge in [-0.15, -0.1) is 0 Å². The number of benzene rings is 1. The molecule has 3 nitrogen and oxygen atoms in total. The van der Waals surface area contributed by atoms with Crippen molar-refractivity contribution >= 4 is 5.69 Å². The van der Waals surface area contributed by atoms with Gasteiger partial charge in [0.2, 0.25) is 0 Å². The van der Waals surface area contributed by atoms with Crippen LogP contribution in [0.1, 0.15) is 50.6 Å². The van der Waals surface area contributed by atoms with Crippen molar-refractivity contribution in [3.63, 3.8) is 0 Å². The maximum atomic E-state index is 10.2. The molecule has 3 heteroatoms. The smallest absolute Gasteiger partial charge is 0.122 e. The second-order valence-corrected chi connectivity index (χ2v) is 5.66. The van der Waals surface area contributed by atoms with E-state index in [1.165, 1.54) is 32.1 Å². The summed E-state index contributed by atoms with van der Waals surface area (Å²) in [5.41, 5.74) is 2.08. The van der Waals surface area contributed by atoms with Crippen molar-refractivity contribution in [2.45, 2.75) is 51.1 Å². The number of rotatable bonds is 4. The highest BCUT2D eigenvalue weighted by atomic mass is 16.3. The second kappa shape index (κ2) is 6.29. The Labute approximate surface area is 116 Å². The van der Waals surface area contributed by atoms with E-state index < -0.39 is 0 Å².